The summed E-state index contributed by atoms with van der Waals surface area (Å²) in [6, 6.07) is 15.7. The second kappa shape index (κ2) is 7.69. The summed E-state index contributed by atoms with van der Waals surface area (Å²) in [6.45, 7) is 1.22. The minimum atomic E-state index is -0.817. The zero-order valence-electron chi connectivity index (χ0n) is 12.7. The second-order valence-electron chi connectivity index (χ2n) is 4.31. The SMILES string of the molecule is COc1nc(Oc2ccccccccc2)n(C(C)=O)c(=O)n1. The third kappa shape index (κ3) is 4.37. The first-order valence-electron chi connectivity index (χ1n) is 6.74. The van der Waals surface area contributed by atoms with Crippen LogP contribution in [0.3, 0.4) is 0 Å². The molecule has 0 aliphatic rings. The Hall–Kier alpha value is -3.22. The zero-order chi connectivity index (χ0) is 16.7. The number of aromatic nitrogens is 3. The Balaban J connectivity index is 2.53. The average molecular weight is 313 g/mol. The molecule has 0 radical (unpaired) electrons. The molecule has 118 valence electrons. The van der Waals surface area contributed by atoms with Crippen molar-refractivity contribution in [1.29, 1.82) is 0 Å². The van der Waals surface area contributed by atoms with Crippen molar-refractivity contribution in [3.05, 3.63) is 65.1 Å². The van der Waals surface area contributed by atoms with Crippen molar-refractivity contribution in [3.8, 4) is 17.8 Å². The van der Waals surface area contributed by atoms with Crippen LogP contribution in [0.1, 0.15) is 11.7 Å². The molecular weight excluding hydrogens is 298 g/mol. The van der Waals surface area contributed by atoms with Crippen LogP contribution >= 0.6 is 0 Å². The molecule has 0 aliphatic heterocycles. The van der Waals surface area contributed by atoms with Gasteiger partial charge in [-0.05, 0) is 12.1 Å². The molecule has 0 atom stereocenters. The fraction of sp³-hybridized carbons (Fsp3) is 0.125. The minimum absolute atomic E-state index is 0.176. The molecule has 0 spiro atoms. The number of ether oxygens (including phenoxy) is 2. The predicted octanol–water partition coefficient (Wildman–Crippen LogP) is 2.22. The van der Waals surface area contributed by atoms with Gasteiger partial charge in [0, 0.05) is 6.92 Å². The summed E-state index contributed by atoms with van der Waals surface area (Å²) in [7, 11) is 1.32. The van der Waals surface area contributed by atoms with Gasteiger partial charge in [-0.3, -0.25) is 4.79 Å². The van der Waals surface area contributed by atoms with E-state index in [9.17, 15) is 9.59 Å². The van der Waals surface area contributed by atoms with Crippen molar-refractivity contribution < 1.29 is 14.3 Å². The van der Waals surface area contributed by atoms with Gasteiger partial charge in [-0.25, -0.2) is 4.79 Å². The lowest BCUT2D eigenvalue weighted by Gasteiger charge is -2.09. The molecule has 0 unspecified atom stereocenters. The lowest BCUT2D eigenvalue weighted by atomic mass is 10.4. The van der Waals surface area contributed by atoms with E-state index in [1.165, 1.54) is 14.0 Å². The zero-order valence-corrected chi connectivity index (χ0v) is 12.7. The smallest absolute Gasteiger partial charge is 0.363 e. The monoisotopic (exact) mass is 313 g/mol. The Morgan fingerprint density at radius 3 is 2.09 bits per heavy atom. The maximum absolute atomic E-state index is 11.9. The first-order valence-corrected chi connectivity index (χ1v) is 6.74. The van der Waals surface area contributed by atoms with Crippen molar-refractivity contribution in [1.82, 2.24) is 14.5 Å². The summed E-state index contributed by atoms with van der Waals surface area (Å²) >= 11 is 0. The number of carbonyl (C=O) groups excluding carboxylic acids is 1. The van der Waals surface area contributed by atoms with E-state index in [1.807, 2.05) is 30.3 Å². The average Bonchev–Trinajstić information content (AvgIpc) is 2.52. The number of carbonyl (C=O) groups is 1. The Morgan fingerprint density at radius 1 is 1.00 bits per heavy atom. The standard InChI is InChI=1S/C16H15N3O4/c1-12(20)19-15(21)17-14(22-2)18-16(19)23-13-10-8-6-4-3-5-7-9-11-13/h3-11H,1-2H3. The number of hydrogen-bond donors (Lipinski definition) is 0. The molecular formula is C16H15N3O4. The van der Waals surface area contributed by atoms with Crippen LogP contribution in [0.15, 0.2) is 59.4 Å². The highest BCUT2D eigenvalue weighted by Gasteiger charge is 2.15. The molecule has 7 heteroatoms. The van der Waals surface area contributed by atoms with Gasteiger partial charge in [0.15, 0.2) is 0 Å². The highest BCUT2D eigenvalue weighted by Crippen LogP contribution is 2.17. The first-order chi connectivity index (χ1) is 11.1. The van der Waals surface area contributed by atoms with E-state index in [2.05, 4.69) is 9.97 Å². The van der Waals surface area contributed by atoms with Gasteiger partial charge in [0.2, 0.25) is 5.91 Å². The summed E-state index contributed by atoms with van der Waals surface area (Å²) < 4.78 is 11.2. The Bertz CT molecular complexity index is 791. The molecule has 2 rings (SSSR count). The molecule has 2 aromatic rings. The molecule has 0 fully saturated rings. The fourth-order valence-corrected chi connectivity index (χ4v) is 1.65. The second-order valence-corrected chi connectivity index (χ2v) is 4.31. The van der Waals surface area contributed by atoms with Crippen LogP contribution in [0.4, 0.5) is 0 Å². The van der Waals surface area contributed by atoms with Crippen molar-refractivity contribution in [3.63, 3.8) is 0 Å². The molecule has 0 aliphatic carbocycles. The lowest BCUT2D eigenvalue weighted by molar-refractivity contribution is 0.0918. The fourth-order valence-electron chi connectivity index (χ4n) is 1.65. The quantitative estimate of drug-likeness (QED) is 0.864. The molecule has 7 nitrogen and oxygen atoms in total. The van der Waals surface area contributed by atoms with Crippen LogP contribution < -0.4 is 15.2 Å². The highest BCUT2D eigenvalue weighted by molar-refractivity contribution is 5.77. The van der Waals surface area contributed by atoms with E-state index in [-0.39, 0.29) is 12.0 Å². The van der Waals surface area contributed by atoms with Crippen LogP contribution in [0.25, 0.3) is 0 Å². The van der Waals surface area contributed by atoms with Crippen LogP contribution in [-0.2, 0) is 0 Å². The largest absolute Gasteiger partial charge is 0.467 e. The maximum atomic E-state index is 11.9. The predicted molar refractivity (Wildman–Crippen MR) is 83.3 cm³/mol. The van der Waals surface area contributed by atoms with E-state index < -0.39 is 11.6 Å². The van der Waals surface area contributed by atoms with Gasteiger partial charge >= 0.3 is 17.7 Å². The van der Waals surface area contributed by atoms with Gasteiger partial charge in [-0.1, -0.05) is 42.5 Å². The highest BCUT2D eigenvalue weighted by atomic mass is 16.5. The number of methoxy groups -OCH3 is 1. The molecule has 1 aromatic heterocycles. The van der Waals surface area contributed by atoms with Gasteiger partial charge in [0.05, 0.1) is 7.11 Å². The van der Waals surface area contributed by atoms with Gasteiger partial charge < -0.3 is 9.47 Å². The van der Waals surface area contributed by atoms with E-state index in [0.29, 0.717) is 5.75 Å². The topological polar surface area (TPSA) is 83.3 Å². The van der Waals surface area contributed by atoms with Crippen LogP contribution in [0, 0.1) is 0 Å². The Labute approximate surface area is 132 Å². The van der Waals surface area contributed by atoms with E-state index in [0.717, 1.165) is 4.57 Å². The summed E-state index contributed by atoms with van der Waals surface area (Å²) in [4.78, 5) is 31.0. The molecule has 0 saturated carbocycles. The third-order valence-corrected chi connectivity index (χ3v) is 2.66. The molecule has 1 heterocycles. The summed E-state index contributed by atoms with van der Waals surface area (Å²) in [5.41, 5.74) is -0.817. The minimum Gasteiger partial charge on any atom is -0.467 e. The first kappa shape index (κ1) is 16.2. The number of rotatable bonds is 3. The van der Waals surface area contributed by atoms with Gasteiger partial charge in [-0.15, -0.1) is 9.97 Å². The van der Waals surface area contributed by atoms with E-state index >= 15 is 0 Å². The molecule has 0 saturated heterocycles. The van der Waals surface area contributed by atoms with Gasteiger partial charge in [0.1, 0.15) is 5.75 Å². The van der Waals surface area contributed by atoms with Crippen molar-refractivity contribution in [2.24, 2.45) is 0 Å². The third-order valence-electron chi connectivity index (χ3n) is 2.66. The Kier molecular flexibility index (Phi) is 5.40. The summed E-state index contributed by atoms with van der Waals surface area (Å²) in [5, 5.41) is 0. The molecule has 23 heavy (non-hydrogen) atoms. The van der Waals surface area contributed by atoms with Crippen LogP contribution in [-0.4, -0.2) is 27.6 Å². The van der Waals surface area contributed by atoms with Gasteiger partial charge in [0.25, 0.3) is 0 Å². The van der Waals surface area contributed by atoms with Crippen molar-refractivity contribution in [2.45, 2.75) is 6.92 Å². The molecule has 0 bridgehead atoms. The molecule has 0 N–H and O–H groups in total. The Morgan fingerprint density at radius 2 is 1.57 bits per heavy atom. The summed E-state index contributed by atoms with van der Waals surface area (Å²) in [5.74, 6) is -0.174. The number of hydrogen-bond acceptors (Lipinski definition) is 6. The maximum Gasteiger partial charge on any atom is 0.363 e. The van der Waals surface area contributed by atoms with E-state index in [1.54, 1.807) is 24.3 Å². The van der Waals surface area contributed by atoms with Crippen molar-refractivity contribution >= 4 is 5.91 Å². The molecule has 1 aromatic carbocycles. The van der Waals surface area contributed by atoms with Crippen LogP contribution in [0.5, 0.6) is 17.8 Å². The normalized spacial score (nSPS) is 9.65. The number of nitrogens with zero attached hydrogens (tertiary/aromatic N) is 3. The lowest BCUT2D eigenvalue weighted by Crippen LogP contribution is -2.29. The van der Waals surface area contributed by atoms with Crippen LogP contribution in [0.2, 0.25) is 0 Å². The van der Waals surface area contributed by atoms with Crippen molar-refractivity contribution in [2.75, 3.05) is 7.11 Å². The van der Waals surface area contributed by atoms with Gasteiger partial charge in [-0.2, -0.15) is 4.57 Å². The van der Waals surface area contributed by atoms with E-state index in [4.69, 9.17) is 9.47 Å². The molecule has 0 amide bonds. The summed E-state index contributed by atoms with van der Waals surface area (Å²) in [6.07, 6.45) is 0.